The van der Waals surface area contributed by atoms with Gasteiger partial charge in [0.1, 0.15) is 0 Å². The van der Waals surface area contributed by atoms with Crippen LogP contribution in [-0.4, -0.2) is 18.5 Å². The Morgan fingerprint density at radius 2 is 2.00 bits per heavy atom. The van der Waals surface area contributed by atoms with E-state index in [0.29, 0.717) is 17.7 Å². The zero-order valence-corrected chi connectivity index (χ0v) is 10.3. The minimum absolute atomic E-state index is 0.318. The zero-order chi connectivity index (χ0) is 13.1. The van der Waals surface area contributed by atoms with Crippen LogP contribution in [0, 0.1) is 0 Å². The van der Waals surface area contributed by atoms with E-state index in [-0.39, 0.29) is 5.97 Å². The van der Waals surface area contributed by atoms with Crippen molar-refractivity contribution in [2.45, 2.75) is 26.2 Å². The smallest absolute Gasteiger partial charge is 0.315 e. The molecule has 17 heavy (non-hydrogen) atoms. The molecule has 0 fully saturated rings. The van der Waals surface area contributed by atoms with Crippen molar-refractivity contribution in [3.8, 4) is 0 Å². The van der Waals surface area contributed by atoms with Crippen molar-refractivity contribution in [1.82, 2.24) is 0 Å². The molecule has 0 atom stereocenters. The van der Waals surface area contributed by atoms with E-state index >= 15 is 0 Å². The third kappa shape index (κ3) is 2.84. The van der Waals surface area contributed by atoms with Crippen molar-refractivity contribution in [1.29, 1.82) is 0 Å². The van der Waals surface area contributed by atoms with Gasteiger partial charge in [-0.1, -0.05) is 12.1 Å². The highest BCUT2D eigenvalue weighted by molar-refractivity contribution is 5.93. The van der Waals surface area contributed by atoms with Gasteiger partial charge in [0.05, 0.1) is 12.0 Å². The summed E-state index contributed by atoms with van der Waals surface area (Å²) in [5.41, 5.74) is 5.52. The summed E-state index contributed by atoms with van der Waals surface area (Å²) in [6.07, 6.45) is 0. The molecule has 1 aromatic carbocycles. The molecule has 0 saturated heterocycles. The first kappa shape index (κ1) is 13.2. The van der Waals surface area contributed by atoms with Crippen molar-refractivity contribution >= 4 is 11.9 Å². The summed E-state index contributed by atoms with van der Waals surface area (Å²) in [6.45, 7) is 5.60. The fourth-order valence-electron chi connectivity index (χ4n) is 1.49. The van der Waals surface area contributed by atoms with Crippen LogP contribution in [0.4, 0.5) is 0 Å². The second-order valence-electron chi connectivity index (χ2n) is 4.29. The Balaban J connectivity index is 3.10. The SMILES string of the molecule is CCOC(=O)C(C)(C)c1cccc(C(N)=O)c1. The number of hydrogen-bond donors (Lipinski definition) is 1. The van der Waals surface area contributed by atoms with E-state index in [9.17, 15) is 9.59 Å². The molecule has 0 heterocycles. The van der Waals surface area contributed by atoms with E-state index in [2.05, 4.69) is 0 Å². The summed E-state index contributed by atoms with van der Waals surface area (Å²) < 4.78 is 5.01. The third-order valence-electron chi connectivity index (χ3n) is 2.65. The molecule has 0 saturated carbocycles. The molecular weight excluding hydrogens is 218 g/mol. The summed E-state index contributed by atoms with van der Waals surface area (Å²) in [5, 5.41) is 0. The Morgan fingerprint density at radius 1 is 1.35 bits per heavy atom. The summed E-state index contributed by atoms with van der Waals surface area (Å²) in [7, 11) is 0. The molecule has 0 radical (unpaired) electrons. The molecule has 1 rings (SSSR count). The topological polar surface area (TPSA) is 69.4 Å². The number of nitrogens with two attached hydrogens (primary N) is 1. The van der Waals surface area contributed by atoms with Gasteiger partial charge in [0, 0.05) is 5.56 Å². The van der Waals surface area contributed by atoms with Gasteiger partial charge in [-0.2, -0.15) is 0 Å². The molecule has 0 aliphatic heterocycles. The standard InChI is InChI=1S/C13H17NO3/c1-4-17-12(16)13(2,3)10-7-5-6-9(8-10)11(14)15/h5-8H,4H2,1-3H3,(H2,14,15). The number of carbonyl (C=O) groups excluding carboxylic acids is 2. The van der Waals surface area contributed by atoms with E-state index in [1.165, 1.54) is 0 Å². The van der Waals surface area contributed by atoms with Gasteiger partial charge in [-0.3, -0.25) is 9.59 Å². The lowest BCUT2D eigenvalue weighted by Gasteiger charge is -2.23. The maximum absolute atomic E-state index is 11.8. The number of amides is 1. The summed E-state index contributed by atoms with van der Waals surface area (Å²) in [6, 6.07) is 6.73. The zero-order valence-electron chi connectivity index (χ0n) is 10.3. The predicted molar refractivity (Wildman–Crippen MR) is 64.6 cm³/mol. The molecule has 0 aliphatic rings. The minimum atomic E-state index is -0.790. The monoisotopic (exact) mass is 235 g/mol. The van der Waals surface area contributed by atoms with Crippen molar-refractivity contribution in [2.75, 3.05) is 6.61 Å². The van der Waals surface area contributed by atoms with Gasteiger partial charge in [0.15, 0.2) is 0 Å². The third-order valence-corrected chi connectivity index (χ3v) is 2.65. The van der Waals surface area contributed by atoms with Gasteiger partial charge >= 0.3 is 5.97 Å². The average molecular weight is 235 g/mol. The molecule has 0 spiro atoms. The van der Waals surface area contributed by atoms with Crippen LogP contribution >= 0.6 is 0 Å². The molecule has 2 N–H and O–H groups in total. The highest BCUT2D eigenvalue weighted by Gasteiger charge is 2.31. The Kier molecular flexibility index (Phi) is 3.89. The Labute approximate surface area is 101 Å². The van der Waals surface area contributed by atoms with Crippen LogP contribution in [0.15, 0.2) is 24.3 Å². The average Bonchev–Trinajstić information content (AvgIpc) is 2.29. The number of carbonyl (C=O) groups is 2. The normalized spacial score (nSPS) is 11.0. The van der Waals surface area contributed by atoms with Crippen molar-refractivity contribution in [3.05, 3.63) is 35.4 Å². The first-order chi connectivity index (χ1) is 7.89. The Bertz CT molecular complexity index is 438. The van der Waals surface area contributed by atoms with E-state index < -0.39 is 11.3 Å². The van der Waals surface area contributed by atoms with Crippen LogP contribution < -0.4 is 5.73 Å². The van der Waals surface area contributed by atoms with Crippen molar-refractivity contribution < 1.29 is 14.3 Å². The van der Waals surface area contributed by atoms with E-state index in [1.54, 1.807) is 45.0 Å². The molecule has 4 nitrogen and oxygen atoms in total. The molecule has 0 aromatic heterocycles. The van der Waals surface area contributed by atoms with Crippen LogP contribution in [-0.2, 0) is 14.9 Å². The van der Waals surface area contributed by atoms with Crippen LogP contribution in [0.5, 0.6) is 0 Å². The lowest BCUT2D eigenvalue weighted by atomic mass is 9.84. The second kappa shape index (κ2) is 4.99. The first-order valence-corrected chi connectivity index (χ1v) is 5.47. The Morgan fingerprint density at radius 3 is 2.53 bits per heavy atom. The van der Waals surface area contributed by atoms with E-state index in [4.69, 9.17) is 10.5 Å². The molecule has 0 bridgehead atoms. The maximum Gasteiger partial charge on any atom is 0.315 e. The fraction of sp³-hybridized carbons (Fsp3) is 0.385. The predicted octanol–water partition coefficient (Wildman–Crippen LogP) is 1.63. The molecule has 92 valence electrons. The van der Waals surface area contributed by atoms with Crippen LogP contribution in [0.25, 0.3) is 0 Å². The van der Waals surface area contributed by atoms with Gasteiger partial charge in [0.25, 0.3) is 0 Å². The highest BCUT2D eigenvalue weighted by atomic mass is 16.5. The molecule has 0 aliphatic carbocycles. The van der Waals surface area contributed by atoms with Gasteiger partial charge in [-0.25, -0.2) is 0 Å². The number of esters is 1. The molecule has 0 unspecified atom stereocenters. The number of primary amides is 1. The highest BCUT2D eigenvalue weighted by Crippen LogP contribution is 2.25. The van der Waals surface area contributed by atoms with Crippen molar-refractivity contribution in [2.24, 2.45) is 5.73 Å². The number of benzene rings is 1. The molecule has 1 amide bonds. The molecular formula is C13H17NO3. The number of hydrogen-bond acceptors (Lipinski definition) is 3. The summed E-state index contributed by atoms with van der Waals surface area (Å²) in [4.78, 5) is 22.9. The quantitative estimate of drug-likeness (QED) is 0.806. The lowest BCUT2D eigenvalue weighted by molar-refractivity contribution is -0.148. The van der Waals surface area contributed by atoms with Crippen LogP contribution in [0.2, 0.25) is 0 Å². The minimum Gasteiger partial charge on any atom is -0.465 e. The van der Waals surface area contributed by atoms with Gasteiger partial charge in [0.2, 0.25) is 5.91 Å². The number of rotatable bonds is 4. The molecule has 1 aromatic rings. The van der Waals surface area contributed by atoms with Crippen LogP contribution in [0.1, 0.15) is 36.7 Å². The van der Waals surface area contributed by atoms with E-state index in [1.807, 2.05) is 0 Å². The number of ether oxygens (including phenoxy) is 1. The largest absolute Gasteiger partial charge is 0.465 e. The van der Waals surface area contributed by atoms with Gasteiger partial charge < -0.3 is 10.5 Å². The Hall–Kier alpha value is -1.84. The summed E-state index contributed by atoms with van der Waals surface area (Å²) in [5.74, 6) is -0.826. The van der Waals surface area contributed by atoms with Crippen molar-refractivity contribution in [3.63, 3.8) is 0 Å². The fourth-order valence-corrected chi connectivity index (χ4v) is 1.49. The first-order valence-electron chi connectivity index (χ1n) is 5.47. The second-order valence-corrected chi connectivity index (χ2v) is 4.29. The van der Waals surface area contributed by atoms with Gasteiger partial charge in [-0.05, 0) is 38.5 Å². The van der Waals surface area contributed by atoms with Crippen LogP contribution in [0.3, 0.4) is 0 Å². The lowest BCUT2D eigenvalue weighted by Crippen LogP contribution is -2.31. The molecule has 4 heteroatoms. The van der Waals surface area contributed by atoms with E-state index in [0.717, 1.165) is 0 Å². The summed E-state index contributed by atoms with van der Waals surface area (Å²) >= 11 is 0. The maximum atomic E-state index is 11.8. The van der Waals surface area contributed by atoms with Gasteiger partial charge in [-0.15, -0.1) is 0 Å².